The van der Waals surface area contributed by atoms with Gasteiger partial charge in [-0.25, -0.2) is 0 Å². The van der Waals surface area contributed by atoms with E-state index in [1.807, 2.05) is 26.0 Å². The van der Waals surface area contributed by atoms with E-state index in [1.165, 1.54) is 24.8 Å². The fourth-order valence-corrected chi connectivity index (χ4v) is 3.80. The van der Waals surface area contributed by atoms with E-state index in [-0.39, 0.29) is 0 Å². The SMILES string of the molecule is C/C=c1/c(N2CCC(CCc3ccc(Cl)cc3)CC2)nnc/c1=C(/C)N. The number of nitrogens with two attached hydrogens (primary N) is 1. The third-order valence-corrected chi connectivity index (χ3v) is 5.50. The van der Waals surface area contributed by atoms with Crippen LogP contribution >= 0.6 is 11.6 Å². The minimum absolute atomic E-state index is 0.759. The Bertz CT molecular complexity index is 849. The quantitative estimate of drug-likeness (QED) is 0.899. The molecule has 1 fully saturated rings. The first-order valence-electron chi connectivity index (χ1n) is 9.32. The van der Waals surface area contributed by atoms with Gasteiger partial charge in [-0.2, -0.15) is 5.10 Å². The molecule has 0 spiro atoms. The Kier molecular flexibility index (Phi) is 6.15. The van der Waals surface area contributed by atoms with E-state index < -0.39 is 0 Å². The molecule has 2 N–H and O–H groups in total. The van der Waals surface area contributed by atoms with Crippen LogP contribution in [0.25, 0.3) is 11.8 Å². The lowest BCUT2D eigenvalue weighted by Gasteiger charge is -2.33. The predicted octanol–water partition coefficient (Wildman–Crippen LogP) is 2.87. The van der Waals surface area contributed by atoms with Gasteiger partial charge in [0.25, 0.3) is 0 Å². The number of halogens is 1. The molecule has 1 aromatic heterocycles. The van der Waals surface area contributed by atoms with Crippen molar-refractivity contribution in [3.63, 3.8) is 0 Å². The van der Waals surface area contributed by atoms with Crippen molar-refractivity contribution in [2.24, 2.45) is 11.7 Å². The zero-order chi connectivity index (χ0) is 18.5. The number of benzene rings is 1. The van der Waals surface area contributed by atoms with Crippen LogP contribution in [0.4, 0.5) is 5.82 Å². The Labute approximate surface area is 160 Å². The van der Waals surface area contributed by atoms with Crippen molar-refractivity contribution >= 4 is 29.2 Å². The number of anilines is 1. The summed E-state index contributed by atoms with van der Waals surface area (Å²) in [5, 5.41) is 11.5. The van der Waals surface area contributed by atoms with Gasteiger partial charge in [0.05, 0.1) is 6.20 Å². The van der Waals surface area contributed by atoms with Crippen molar-refractivity contribution in [3.8, 4) is 0 Å². The molecule has 138 valence electrons. The smallest absolute Gasteiger partial charge is 0.158 e. The van der Waals surface area contributed by atoms with Gasteiger partial charge in [-0.1, -0.05) is 29.8 Å². The molecule has 2 aromatic rings. The largest absolute Gasteiger partial charge is 0.402 e. The summed E-state index contributed by atoms with van der Waals surface area (Å²) in [5.74, 6) is 1.72. The zero-order valence-electron chi connectivity index (χ0n) is 15.6. The standard InChI is InChI=1S/C21H27ClN4/c1-3-19-20(15(2)23)14-24-25-21(19)26-12-10-17(11-13-26)5-4-16-6-8-18(22)9-7-16/h3,6-9,14,17H,4-5,10-13,23H2,1-2H3/b19-3+,20-15+. The number of hydrogen-bond acceptors (Lipinski definition) is 4. The maximum atomic E-state index is 6.02. The van der Waals surface area contributed by atoms with E-state index in [0.717, 1.165) is 52.4 Å². The van der Waals surface area contributed by atoms with Crippen LogP contribution in [0.2, 0.25) is 5.02 Å². The third-order valence-electron chi connectivity index (χ3n) is 5.25. The molecule has 0 radical (unpaired) electrons. The van der Waals surface area contributed by atoms with Crippen LogP contribution in [0.15, 0.2) is 30.5 Å². The lowest BCUT2D eigenvalue weighted by molar-refractivity contribution is 0.380. The zero-order valence-corrected chi connectivity index (χ0v) is 16.3. The van der Waals surface area contributed by atoms with E-state index in [0.29, 0.717) is 0 Å². The molecule has 3 rings (SSSR count). The van der Waals surface area contributed by atoms with Crippen LogP contribution in [0, 0.1) is 5.92 Å². The first-order valence-corrected chi connectivity index (χ1v) is 9.70. The number of hydrogen-bond donors (Lipinski definition) is 1. The van der Waals surface area contributed by atoms with Crippen LogP contribution in [0.3, 0.4) is 0 Å². The second-order valence-corrected chi connectivity index (χ2v) is 7.50. The Morgan fingerprint density at radius 1 is 1.27 bits per heavy atom. The summed E-state index contributed by atoms with van der Waals surface area (Å²) in [7, 11) is 0. The summed E-state index contributed by atoms with van der Waals surface area (Å²) in [5.41, 5.74) is 8.17. The highest BCUT2D eigenvalue weighted by molar-refractivity contribution is 6.30. The molecule has 1 saturated heterocycles. The summed E-state index contributed by atoms with van der Waals surface area (Å²) in [6.45, 7) is 5.99. The van der Waals surface area contributed by atoms with Crippen molar-refractivity contribution in [3.05, 3.63) is 51.5 Å². The normalized spacial score (nSPS) is 17.5. The molecule has 4 nitrogen and oxygen atoms in total. The first kappa shape index (κ1) is 18.7. The highest BCUT2D eigenvalue weighted by atomic mass is 35.5. The first-order chi connectivity index (χ1) is 12.6. The molecule has 1 aromatic carbocycles. The Morgan fingerprint density at radius 3 is 2.58 bits per heavy atom. The molecule has 5 heteroatoms. The Morgan fingerprint density at radius 2 is 1.96 bits per heavy atom. The van der Waals surface area contributed by atoms with Crippen molar-refractivity contribution in [2.75, 3.05) is 18.0 Å². The molecule has 0 amide bonds. The highest BCUT2D eigenvalue weighted by Crippen LogP contribution is 2.24. The van der Waals surface area contributed by atoms with Crippen LogP contribution in [-0.2, 0) is 6.42 Å². The monoisotopic (exact) mass is 370 g/mol. The van der Waals surface area contributed by atoms with E-state index in [1.54, 1.807) is 6.20 Å². The average Bonchev–Trinajstić information content (AvgIpc) is 2.67. The second-order valence-electron chi connectivity index (χ2n) is 7.06. The number of piperidine rings is 1. The summed E-state index contributed by atoms with van der Waals surface area (Å²) < 4.78 is 0. The van der Waals surface area contributed by atoms with E-state index in [9.17, 15) is 0 Å². The summed E-state index contributed by atoms with van der Waals surface area (Å²) in [4.78, 5) is 2.35. The summed E-state index contributed by atoms with van der Waals surface area (Å²) in [6, 6.07) is 8.22. The van der Waals surface area contributed by atoms with Gasteiger partial charge in [-0.15, -0.1) is 5.10 Å². The van der Waals surface area contributed by atoms with Crippen LogP contribution in [0.5, 0.6) is 0 Å². The average molecular weight is 371 g/mol. The Hall–Kier alpha value is -2.07. The van der Waals surface area contributed by atoms with Crippen molar-refractivity contribution in [1.82, 2.24) is 10.2 Å². The molecule has 0 aliphatic carbocycles. The second kappa shape index (κ2) is 8.54. The fourth-order valence-electron chi connectivity index (χ4n) is 3.67. The minimum atomic E-state index is 0.759. The van der Waals surface area contributed by atoms with Gasteiger partial charge in [0.2, 0.25) is 0 Å². The van der Waals surface area contributed by atoms with Gasteiger partial charge in [0, 0.05) is 34.2 Å². The number of aromatic nitrogens is 2. The van der Waals surface area contributed by atoms with Crippen molar-refractivity contribution in [2.45, 2.75) is 39.5 Å². The summed E-state index contributed by atoms with van der Waals surface area (Å²) in [6.07, 6.45) is 8.56. The molecule has 26 heavy (non-hydrogen) atoms. The molecule has 0 bridgehead atoms. The lowest BCUT2D eigenvalue weighted by atomic mass is 9.90. The molecule has 1 aliphatic rings. The van der Waals surface area contributed by atoms with Gasteiger partial charge in [-0.05, 0) is 63.1 Å². The third kappa shape index (κ3) is 4.36. The van der Waals surface area contributed by atoms with E-state index >= 15 is 0 Å². The molecular formula is C21H27ClN4. The van der Waals surface area contributed by atoms with Gasteiger partial charge >= 0.3 is 0 Å². The van der Waals surface area contributed by atoms with Crippen LogP contribution in [-0.4, -0.2) is 23.3 Å². The van der Waals surface area contributed by atoms with Gasteiger partial charge in [0.1, 0.15) is 0 Å². The predicted molar refractivity (Wildman–Crippen MR) is 109 cm³/mol. The van der Waals surface area contributed by atoms with Gasteiger partial charge in [0.15, 0.2) is 5.82 Å². The fraction of sp³-hybridized carbons (Fsp3) is 0.429. The molecule has 1 aliphatic heterocycles. The van der Waals surface area contributed by atoms with E-state index in [4.69, 9.17) is 17.3 Å². The number of nitrogens with zero attached hydrogens (tertiary/aromatic N) is 3. The van der Waals surface area contributed by atoms with Crippen molar-refractivity contribution < 1.29 is 0 Å². The lowest BCUT2D eigenvalue weighted by Crippen LogP contribution is -2.42. The van der Waals surface area contributed by atoms with Crippen LogP contribution in [0.1, 0.15) is 38.7 Å². The van der Waals surface area contributed by atoms with Crippen molar-refractivity contribution in [1.29, 1.82) is 0 Å². The highest BCUT2D eigenvalue weighted by Gasteiger charge is 2.21. The van der Waals surface area contributed by atoms with E-state index in [2.05, 4.69) is 33.3 Å². The minimum Gasteiger partial charge on any atom is -0.402 e. The molecule has 0 unspecified atom stereocenters. The summed E-state index contributed by atoms with van der Waals surface area (Å²) >= 11 is 5.96. The van der Waals surface area contributed by atoms with Gasteiger partial charge < -0.3 is 10.6 Å². The molecule has 0 saturated carbocycles. The van der Waals surface area contributed by atoms with Crippen LogP contribution < -0.4 is 21.1 Å². The topological polar surface area (TPSA) is 55.0 Å². The molecule has 0 atom stereocenters. The maximum Gasteiger partial charge on any atom is 0.158 e. The Balaban J connectivity index is 1.63. The number of aryl methyl sites for hydroxylation is 1. The number of rotatable bonds is 4. The maximum absolute atomic E-state index is 6.02. The molecule has 2 heterocycles. The van der Waals surface area contributed by atoms with Gasteiger partial charge in [-0.3, -0.25) is 0 Å². The molecular weight excluding hydrogens is 344 g/mol.